The Morgan fingerprint density at radius 3 is 2.55 bits per heavy atom. The highest BCUT2D eigenvalue weighted by Crippen LogP contribution is 2.21. The second kappa shape index (κ2) is 8.86. The fourth-order valence-electron chi connectivity index (χ4n) is 2.90. The lowest BCUT2D eigenvalue weighted by molar-refractivity contribution is 0.0240. The average Bonchev–Trinajstić information content (AvgIpc) is 2.66. The smallest absolute Gasteiger partial charge is 0.410 e. The number of benzene rings is 1. The van der Waals surface area contributed by atoms with E-state index < -0.39 is 11.4 Å². The summed E-state index contributed by atoms with van der Waals surface area (Å²) < 4.78 is 25.0. The molecule has 6 nitrogen and oxygen atoms in total. The number of halogens is 2. The zero-order valence-electron chi connectivity index (χ0n) is 16.8. The fourth-order valence-corrected chi connectivity index (χ4v) is 3.05. The predicted molar refractivity (Wildman–Crippen MR) is 110 cm³/mol. The molecule has 1 saturated heterocycles. The number of hydrogen-bond donors (Lipinski definition) is 0. The van der Waals surface area contributed by atoms with Gasteiger partial charge >= 0.3 is 6.09 Å². The summed E-state index contributed by atoms with van der Waals surface area (Å²) in [6.07, 6.45) is -0.299. The Kier molecular flexibility index (Phi) is 6.47. The van der Waals surface area contributed by atoms with Crippen molar-refractivity contribution in [1.29, 1.82) is 0 Å². The van der Waals surface area contributed by atoms with Crippen molar-refractivity contribution < 1.29 is 18.7 Å². The molecule has 0 N–H and O–H groups in total. The molecule has 156 valence electrons. The molecule has 3 rings (SSSR count). The summed E-state index contributed by atoms with van der Waals surface area (Å²) in [5.41, 5.74) is -0.0991. The van der Waals surface area contributed by atoms with E-state index in [-0.39, 0.29) is 12.7 Å². The second-order valence-electron chi connectivity index (χ2n) is 7.81. The Hall–Kier alpha value is -2.54. The van der Waals surface area contributed by atoms with Gasteiger partial charge in [-0.05, 0) is 39.0 Å². The van der Waals surface area contributed by atoms with Crippen LogP contribution in [0.4, 0.5) is 15.0 Å². The van der Waals surface area contributed by atoms with E-state index in [0.717, 1.165) is 5.82 Å². The van der Waals surface area contributed by atoms with Crippen LogP contribution in [0.5, 0.6) is 5.88 Å². The summed E-state index contributed by atoms with van der Waals surface area (Å²) in [6.45, 7) is 8.01. The van der Waals surface area contributed by atoms with Crippen LogP contribution in [0, 0.1) is 5.82 Å². The van der Waals surface area contributed by atoms with Crippen LogP contribution in [0.15, 0.2) is 36.4 Å². The topological polar surface area (TPSA) is 54.9 Å². The van der Waals surface area contributed by atoms with Crippen molar-refractivity contribution in [2.75, 3.05) is 31.1 Å². The number of pyridine rings is 1. The molecule has 29 heavy (non-hydrogen) atoms. The molecule has 1 fully saturated rings. The number of aromatic nitrogens is 1. The first kappa shape index (κ1) is 21.2. The summed E-state index contributed by atoms with van der Waals surface area (Å²) >= 11 is 5.77. The first-order chi connectivity index (χ1) is 13.7. The van der Waals surface area contributed by atoms with Gasteiger partial charge in [0, 0.05) is 42.8 Å². The van der Waals surface area contributed by atoms with Gasteiger partial charge in [-0.2, -0.15) is 4.98 Å². The molecule has 1 aliphatic rings. The highest BCUT2D eigenvalue weighted by Gasteiger charge is 2.26. The van der Waals surface area contributed by atoms with Crippen LogP contribution >= 0.6 is 11.6 Å². The van der Waals surface area contributed by atoms with Crippen molar-refractivity contribution >= 4 is 23.5 Å². The van der Waals surface area contributed by atoms with Crippen molar-refractivity contribution in [2.45, 2.75) is 33.0 Å². The number of amides is 1. The number of hydrogen-bond acceptors (Lipinski definition) is 5. The SMILES string of the molecule is CC(C)(C)OC(=O)N1CCN(c2cccc(OCc3ccc(Cl)cc3F)n2)CC1. The van der Waals surface area contributed by atoms with E-state index in [1.807, 2.05) is 32.9 Å². The average molecular weight is 422 g/mol. The minimum Gasteiger partial charge on any atom is -0.473 e. The molecule has 1 aliphatic heterocycles. The molecule has 0 saturated carbocycles. The van der Waals surface area contributed by atoms with Gasteiger partial charge in [0.25, 0.3) is 0 Å². The second-order valence-corrected chi connectivity index (χ2v) is 8.25. The van der Waals surface area contributed by atoms with Crippen molar-refractivity contribution in [1.82, 2.24) is 9.88 Å². The number of carbonyl (C=O) groups excluding carboxylic acids is 1. The highest BCUT2D eigenvalue weighted by atomic mass is 35.5. The van der Waals surface area contributed by atoms with Gasteiger partial charge < -0.3 is 19.3 Å². The maximum Gasteiger partial charge on any atom is 0.410 e. The largest absolute Gasteiger partial charge is 0.473 e. The zero-order valence-corrected chi connectivity index (χ0v) is 17.6. The molecular formula is C21H25ClFN3O3. The van der Waals surface area contributed by atoms with Gasteiger partial charge in [0.2, 0.25) is 5.88 Å². The molecule has 1 amide bonds. The van der Waals surface area contributed by atoms with Crippen LogP contribution in [0.1, 0.15) is 26.3 Å². The van der Waals surface area contributed by atoms with E-state index >= 15 is 0 Å². The first-order valence-corrected chi connectivity index (χ1v) is 9.86. The molecule has 2 heterocycles. The Morgan fingerprint density at radius 1 is 1.17 bits per heavy atom. The normalized spacial score (nSPS) is 14.7. The van der Waals surface area contributed by atoms with E-state index in [4.69, 9.17) is 21.1 Å². The van der Waals surface area contributed by atoms with Gasteiger partial charge in [-0.3, -0.25) is 0 Å². The van der Waals surface area contributed by atoms with Crippen molar-refractivity contribution in [3.05, 3.63) is 52.8 Å². The molecule has 0 spiro atoms. The molecule has 0 atom stereocenters. The van der Waals surface area contributed by atoms with E-state index in [9.17, 15) is 9.18 Å². The van der Waals surface area contributed by atoms with E-state index in [0.29, 0.717) is 42.6 Å². The van der Waals surface area contributed by atoms with Crippen LogP contribution < -0.4 is 9.64 Å². The van der Waals surface area contributed by atoms with Gasteiger partial charge in [-0.1, -0.05) is 23.7 Å². The highest BCUT2D eigenvalue weighted by molar-refractivity contribution is 6.30. The van der Waals surface area contributed by atoms with Crippen LogP contribution in [-0.4, -0.2) is 47.8 Å². The lowest BCUT2D eigenvalue weighted by Gasteiger charge is -2.36. The standard InChI is InChI=1S/C21H25ClFN3O3/c1-21(2,3)29-20(27)26-11-9-25(10-12-26)18-5-4-6-19(24-18)28-14-15-7-8-16(22)13-17(15)23/h4-8,13H,9-12,14H2,1-3H3. The van der Waals surface area contributed by atoms with E-state index in [2.05, 4.69) is 9.88 Å². The summed E-state index contributed by atoms with van der Waals surface area (Å²) in [5, 5.41) is 0.344. The van der Waals surface area contributed by atoms with E-state index in [1.54, 1.807) is 23.1 Å². The van der Waals surface area contributed by atoms with Crippen LogP contribution in [0.2, 0.25) is 5.02 Å². The van der Waals surface area contributed by atoms with Crippen LogP contribution in [0.25, 0.3) is 0 Å². The van der Waals surface area contributed by atoms with Gasteiger partial charge in [-0.15, -0.1) is 0 Å². The first-order valence-electron chi connectivity index (χ1n) is 9.48. The number of rotatable bonds is 4. The molecular weight excluding hydrogens is 397 g/mol. The number of carbonyl (C=O) groups is 1. The monoisotopic (exact) mass is 421 g/mol. The summed E-state index contributed by atoms with van der Waals surface area (Å²) in [7, 11) is 0. The third-order valence-corrected chi connectivity index (χ3v) is 4.59. The van der Waals surface area contributed by atoms with Gasteiger partial charge in [0.05, 0.1) is 0 Å². The Labute approximate surface area is 175 Å². The minimum absolute atomic E-state index is 0.0614. The fraction of sp³-hybridized carbons (Fsp3) is 0.429. The summed E-state index contributed by atoms with van der Waals surface area (Å²) in [4.78, 5) is 20.5. The Balaban J connectivity index is 1.57. The van der Waals surface area contributed by atoms with Gasteiger partial charge in [0.15, 0.2) is 0 Å². The molecule has 0 radical (unpaired) electrons. The molecule has 1 aromatic heterocycles. The maximum atomic E-state index is 13.9. The molecule has 1 aromatic carbocycles. The summed E-state index contributed by atoms with van der Waals surface area (Å²) in [6, 6.07) is 9.94. The quantitative estimate of drug-likeness (QED) is 0.727. The molecule has 8 heteroatoms. The lowest BCUT2D eigenvalue weighted by Crippen LogP contribution is -2.50. The van der Waals surface area contributed by atoms with Crippen molar-refractivity contribution in [3.63, 3.8) is 0 Å². The molecule has 0 unspecified atom stereocenters. The summed E-state index contributed by atoms with van der Waals surface area (Å²) in [5.74, 6) is 0.751. The molecule has 0 bridgehead atoms. The van der Waals surface area contributed by atoms with Crippen LogP contribution in [-0.2, 0) is 11.3 Å². The number of anilines is 1. The lowest BCUT2D eigenvalue weighted by atomic mass is 10.2. The van der Waals surface area contributed by atoms with Crippen molar-refractivity contribution in [2.24, 2.45) is 0 Å². The third-order valence-electron chi connectivity index (χ3n) is 4.35. The van der Waals surface area contributed by atoms with Gasteiger partial charge in [-0.25, -0.2) is 9.18 Å². The zero-order chi connectivity index (χ0) is 21.0. The van der Waals surface area contributed by atoms with Crippen LogP contribution in [0.3, 0.4) is 0 Å². The van der Waals surface area contributed by atoms with Gasteiger partial charge in [0.1, 0.15) is 23.8 Å². The van der Waals surface area contributed by atoms with E-state index in [1.165, 1.54) is 6.07 Å². The maximum absolute atomic E-state index is 13.9. The minimum atomic E-state index is -0.509. The third kappa shape index (κ3) is 5.97. The molecule has 0 aliphatic carbocycles. The van der Waals surface area contributed by atoms with Crippen molar-refractivity contribution in [3.8, 4) is 5.88 Å². The number of nitrogens with zero attached hydrogens (tertiary/aromatic N) is 3. The number of ether oxygens (including phenoxy) is 2. The Morgan fingerprint density at radius 2 is 1.90 bits per heavy atom. The predicted octanol–water partition coefficient (Wildman–Crippen LogP) is 4.51. The Bertz CT molecular complexity index is 864. The number of piperazine rings is 1. The molecule has 2 aromatic rings.